The van der Waals surface area contributed by atoms with E-state index in [0.717, 1.165) is 48.1 Å². The van der Waals surface area contributed by atoms with E-state index in [9.17, 15) is 4.79 Å². The molecule has 1 fully saturated rings. The largest absolute Gasteiger partial charge is 0.326 e. The third-order valence-corrected chi connectivity index (χ3v) is 4.94. The molecule has 0 bridgehead atoms. The van der Waals surface area contributed by atoms with E-state index in [1.165, 1.54) is 0 Å². The van der Waals surface area contributed by atoms with Gasteiger partial charge in [-0.15, -0.1) is 0 Å². The van der Waals surface area contributed by atoms with Crippen molar-refractivity contribution in [2.24, 2.45) is 5.41 Å². The molecule has 3 nitrogen and oxygen atoms in total. The average Bonchev–Trinajstić information content (AvgIpc) is 2.43. The molecule has 1 aromatic rings. The van der Waals surface area contributed by atoms with E-state index < -0.39 is 0 Å². The van der Waals surface area contributed by atoms with Crippen LogP contribution in [-0.2, 0) is 4.79 Å². The Morgan fingerprint density at radius 2 is 2.32 bits per heavy atom. The number of hydrogen-bond donors (Lipinski definition) is 2. The third-order valence-electron chi connectivity index (χ3n) is 4.05. The second-order valence-electron chi connectivity index (χ2n) is 5.33. The van der Waals surface area contributed by atoms with Gasteiger partial charge in [0.1, 0.15) is 0 Å². The summed E-state index contributed by atoms with van der Waals surface area (Å²) in [6.45, 7) is 5.92. The van der Waals surface area contributed by atoms with Gasteiger partial charge in [0.25, 0.3) is 0 Å². The minimum Gasteiger partial charge on any atom is -0.326 e. The van der Waals surface area contributed by atoms with Crippen LogP contribution in [0.15, 0.2) is 22.7 Å². The lowest BCUT2D eigenvalue weighted by Crippen LogP contribution is -2.47. The molecule has 0 saturated carbocycles. The molecule has 19 heavy (non-hydrogen) atoms. The van der Waals surface area contributed by atoms with Gasteiger partial charge < -0.3 is 10.6 Å². The van der Waals surface area contributed by atoms with Gasteiger partial charge in [0.2, 0.25) is 5.91 Å². The molecule has 1 atom stereocenters. The molecule has 1 aliphatic heterocycles. The van der Waals surface area contributed by atoms with Crippen molar-refractivity contribution < 1.29 is 4.79 Å². The molecule has 0 radical (unpaired) electrons. The lowest BCUT2D eigenvalue weighted by atomic mass is 9.77. The molecule has 2 rings (SSSR count). The Kier molecular flexibility index (Phi) is 4.63. The van der Waals surface area contributed by atoms with Crippen molar-refractivity contribution in [1.29, 1.82) is 0 Å². The zero-order chi connectivity index (χ0) is 13.9. The van der Waals surface area contributed by atoms with E-state index in [4.69, 9.17) is 0 Å². The Morgan fingerprint density at radius 1 is 1.53 bits per heavy atom. The summed E-state index contributed by atoms with van der Waals surface area (Å²) in [5, 5.41) is 6.42. The molecule has 0 aliphatic carbocycles. The topological polar surface area (TPSA) is 41.1 Å². The first-order valence-electron chi connectivity index (χ1n) is 6.86. The summed E-state index contributed by atoms with van der Waals surface area (Å²) in [5.74, 6) is 0.143. The molecular weight excluding hydrogens is 304 g/mol. The number of carbonyl (C=O) groups excluding carboxylic acids is 1. The summed E-state index contributed by atoms with van der Waals surface area (Å²) in [4.78, 5) is 12.6. The van der Waals surface area contributed by atoms with Crippen LogP contribution in [0.2, 0.25) is 0 Å². The average molecular weight is 325 g/mol. The molecule has 1 saturated heterocycles. The summed E-state index contributed by atoms with van der Waals surface area (Å²) in [5.41, 5.74) is 1.76. The van der Waals surface area contributed by atoms with Gasteiger partial charge >= 0.3 is 0 Å². The third kappa shape index (κ3) is 3.18. The number of aryl methyl sites for hydroxylation is 1. The zero-order valence-electron chi connectivity index (χ0n) is 11.6. The van der Waals surface area contributed by atoms with Gasteiger partial charge in [0.05, 0.1) is 5.41 Å². The quantitative estimate of drug-likeness (QED) is 0.893. The van der Waals surface area contributed by atoms with Crippen LogP contribution >= 0.6 is 15.9 Å². The SMILES string of the molecule is CCC1(C(=O)Nc2ccc(Br)c(C)c2)CCCNC1. The molecule has 0 aromatic heterocycles. The molecule has 1 aromatic carbocycles. The van der Waals surface area contributed by atoms with Crippen LogP contribution in [0.4, 0.5) is 5.69 Å². The molecule has 0 spiro atoms. The molecule has 1 heterocycles. The van der Waals surface area contributed by atoms with Crippen LogP contribution in [0.3, 0.4) is 0 Å². The van der Waals surface area contributed by atoms with Crippen molar-refractivity contribution in [2.45, 2.75) is 33.1 Å². The smallest absolute Gasteiger partial charge is 0.231 e. The standard InChI is InChI=1S/C15H21BrN2O/c1-3-15(7-4-8-17-10-15)14(19)18-12-5-6-13(16)11(2)9-12/h5-6,9,17H,3-4,7-8,10H2,1-2H3,(H,18,19). The van der Waals surface area contributed by atoms with Crippen LogP contribution < -0.4 is 10.6 Å². The van der Waals surface area contributed by atoms with Crippen molar-refractivity contribution in [2.75, 3.05) is 18.4 Å². The molecule has 1 aliphatic rings. The number of anilines is 1. The lowest BCUT2D eigenvalue weighted by molar-refractivity contribution is -0.126. The van der Waals surface area contributed by atoms with E-state index in [1.54, 1.807) is 0 Å². The van der Waals surface area contributed by atoms with E-state index >= 15 is 0 Å². The maximum atomic E-state index is 12.6. The van der Waals surface area contributed by atoms with Crippen LogP contribution in [0.25, 0.3) is 0 Å². The fraction of sp³-hybridized carbons (Fsp3) is 0.533. The van der Waals surface area contributed by atoms with Gasteiger partial charge in [-0.1, -0.05) is 22.9 Å². The fourth-order valence-electron chi connectivity index (χ4n) is 2.61. The number of rotatable bonds is 3. The number of amides is 1. The monoisotopic (exact) mass is 324 g/mol. The van der Waals surface area contributed by atoms with Gasteiger partial charge in [-0.2, -0.15) is 0 Å². The van der Waals surface area contributed by atoms with Gasteiger partial charge in [-0.25, -0.2) is 0 Å². The predicted molar refractivity (Wildman–Crippen MR) is 82.3 cm³/mol. The maximum Gasteiger partial charge on any atom is 0.231 e. The number of piperidine rings is 1. The van der Waals surface area contributed by atoms with Crippen molar-refractivity contribution in [3.05, 3.63) is 28.2 Å². The van der Waals surface area contributed by atoms with E-state index in [0.29, 0.717) is 0 Å². The Labute approximate surface area is 123 Å². The van der Waals surface area contributed by atoms with Gasteiger partial charge in [-0.3, -0.25) is 4.79 Å². The highest BCUT2D eigenvalue weighted by Crippen LogP contribution is 2.32. The Hall–Kier alpha value is -0.870. The van der Waals surface area contributed by atoms with E-state index in [-0.39, 0.29) is 11.3 Å². The minimum absolute atomic E-state index is 0.143. The highest BCUT2D eigenvalue weighted by Gasteiger charge is 2.37. The fourth-order valence-corrected chi connectivity index (χ4v) is 2.86. The van der Waals surface area contributed by atoms with Crippen molar-refractivity contribution in [3.63, 3.8) is 0 Å². The molecule has 1 amide bonds. The normalized spacial score (nSPS) is 23.1. The molecule has 4 heteroatoms. The number of hydrogen-bond acceptors (Lipinski definition) is 2. The van der Waals surface area contributed by atoms with Gasteiger partial charge in [-0.05, 0) is 56.5 Å². The second-order valence-corrected chi connectivity index (χ2v) is 6.19. The second kappa shape index (κ2) is 6.06. The Bertz CT molecular complexity index is 467. The first-order valence-corrected chi connectivity index (χ1v) is 7.65. The predicted octanol–water partition coefficient (Wildman–Crippen LogP) is 3.48. The van der Waals surface area contributed by atoms with Gasteiger partial charge in [0, 0.05) is 16.7 Å². The first kappa shape index (κ1) is 14.5. The summed E-state index contributed by atoms with van der Waals surface area (Å²) < 4.78 is 1.06. The highest BCUT2D eigenvalue weighted by atomic mass is 79.9. The van der Waals surface area contributed by atoms with Crippen molar-refractivity contribution in [3.8, 4) is 0 Å². The van der Waals surface area contributed by atoms with E-state index in [2.05, 4.69) is 33.5 Å². The molecule has 1 unspecified atom stereocenters. The van der Waals surface area contributed by atoms with E-state index in [1.807, 2.05) is 25.1 Å². The van der Waals surface area contributed by atoms with Crippen LogP contribution in [0, 0.1) is 12.3 Å². The van der Waals surface area contributed by atoms with Gasteiger partial charge in [0.15, 0.2) is 0 Å². The van der Waals surface area contributed by atoms with Crippen LogP contribution in [0.5, 0.6) is 0 Å². The first-order chi connectivity index (χ1) is 9.07. The Morgan fingerprint density at radius 3 is 2.89 bits per heavy atom. The number of carbonyl (C=O) groups is 1. The molecular formula is C15H21BrN2O. The highest BCUT2D eigenvalue weighted by molar-refractivity contribution is 9.10. The summed E-state index contributed by atoms with van der Waals surface area (Å²) in [6.07, 6.45) is 2.92. The van der Waals surface area contributed by atoms with Crippen molar-refractivity contribution >= 4 is 27.5 Å². The lowest BCUT2D eigenvalue weighted by Gasteiger charge is -2.35. The number of benzene rings is 1. The minimum atomic E-state index is -0.251. The molecule has 104 valence electrons. The number of halogens is 1. The summed E-state index contributed by atoms with van der Waals surface area (Å²) in [7, 11) is 0. The summed E-state index contributed by atoms with van der Waals surface area (Å²) in [6, 6.07) is 5.92. The maximum absolute atomic E-state index is 12.6. The number of nitrogens with one attached hydrogen (secondary N) is 2. The Balaban J connectivity index is 2.12. The van der Waals surface area contributed by atoms with Crippen LogP contribution in [0.1, 0.15) is 31.7 Å². The molecule has 2 N–H and O–H groups in total. The van der Waals surface area contributed by atoms with Crippen molar-refractivity contribution in [1.82, 2.24) is 5.32 Å². The van der Waals surface area contributed by atoms with Crippen LogP contribution in [-0.4, -0.2) is 19.0 Å². The zero-order valence-corrected chi connectivity index (χ0v) is 13.1. The summed E-state index contributed by atoms with van der Waals surface area (Å²) >= 11 is 3.47.